The molecule has 0 heterocycles. The average Bonchev–Trinajstić information content (AvgIpc) is 3.26. The van der Waals surface area contributed by atoms with Crippen LogP contribution in [-0.2, 0) is 10.2 Å². The average molecular weight is 270 g/mol. The molecular formula is C17H18O3. The van der Waals surface area contributed by atoms with Gasteiger partial charge in [0.25, 0.3) is 0 Å². The molecule has 104 valence electrons. The first kappa shape index (κ1) is 14.3. The number of carboxylic acids is 1. The summed E-state index contributed by atoms with van der Waals surface area (Å²) in [6.07, 6.45) is 6.63. The van der Waals surface area contributed by atoms with E-state index in [1.165, 1.54) is 0 Å². The Kier molecular flexibility index (Phi) is 3.89. The van der Waals surface area contributed by atoms with E-state index in [9.17, 15) is 14.7 Å². The molecule has 1 aromatic carbocycles. The van der Waals surface area contributed by atoms with Crippen molar-refractivity contribution in [1.82, 2.24) is 0 Å². The number of aliphatic carboxylic acids is 1. The lowest BCUT2D eigenvalue weighted by Crippen LogP contribution is -2.20. The van der Waals surface area contributed by atoms with Crippen molar-refractivity contribution in [2.75, 3.05) is 0 Å². The lowest BCUT2D eigenvalue weighted by Gasteiger charge is -2.11. The molecule has 0 amide bonds. The first-order chi connectivity index (χ1) is 9.55. The molecule has 0 spiro atoms. The van der Waals surface area contributed by atoms with Gasteiger partial charge < -0.3 is 5.11 Å². The molecule has 2 rings (SSSR count). The van der Waals surface area contributed by atoms with Crippen LogP contribution in [0.2, 0.25) is 0 Å². The second kappa shape index (κ2) is 5.45. The Morgan fingerprint density at radius 1 is 1.25 bits per heavy atom. The normalized spacial score (nSPS) is 17.2. The molecule has 1 aliphatic rings. The molecule has 0 bridgehead atoms. The molecule has 0 aliphatic heterocycles. The number of carbonyl (C=O) groups excluding carboxylic acids is 1. The summed E-state index contributed by atoms with van der Waals surface area (Å²) in [5.41, 5.74) is 1.12. The van der Waals surface area contributed by atoms with Crippen LogP contribution in [0.25, 0.3) is 0 Å². The summed E-state index contributed by atoms with van der Waals surface area (Å²) in [7, 11) is 0. The third kappa shape index (κ3) is 2.44. The van der Waals surface area contributed by atoms with E-state index in [1.54, 1.807) is 36.4 Å². The van der Waals surface area contributed by atoms with Gasteiger partial charge in [-0.2, -0.15) is 0 Å². The van der Waals surface area contributed by atoms with Crippen LogP contribution >= 0.6 is 0 Å². The van der Waals surface area contributed by atoms with Gasteiger partial charge in [-0.1, -0.05) is 36.4 Å². The molecule has 0 unspecified atom stereocenters. The fourth-order valence-electron chi connectivity index (χ4n) is 2.36. The Morgan fingerprint density at radius 3 is 2.45 bits per heavy atom. The minimum Gasteiger partial charge on any atom is -0.481 e. The summed E-state index contributed by atoms with van der Waals surface area (Å²) in [4.78, 5) is 23.7. The van der Waals surface area contributed by atoms with Crippen LogP contribution < -0.4 is 0 Å². The highest BCUT2D eigenvalue weighted by Crippen LogP contribution is 2.48. The fraction of sp³-hybridized carbons (Fsp3) is 0.294. The summed E-state index contributed by atoms with van der Waals surface area (Å²) in [6.45, 7) is 3.67. The van der Waals surface area contributed by atoms with Crippen molar-refractivity contribution in [3.05, 3.63) is 59.2 Å². The zero-order chi connectivity index (χ0) is 14.8. The quantitative estimate of drug-likeness (QED) is 0.506. The molecule has 3 heteroatoms. The van der Waals surface area contributed by atoms with Gasteiger partial charge in [-0.05, 0) is 38.3 Å². The van der Waals surface area contributed by atoms with Crippen molar-refractivity contribution in [2.24, 2.45) is 0 Å². The van der Waals surface area contributed by atoms with Crippen molar-refractivity contribution in [3.63, 3.8) is 0 Å². The Bertz CT molecular complexity index is 604. The molecular weight excluding hydrogens is 252 g/mol. The molecule has 0 saturated heterocycles. The minimum atomic E-state index is -0.804. The van der Waals surface area contributed by atoms with Crippen molar-refractivity contribution in [2.45, 2.75) is 32.1 Å². The van der Waals surface area contributed by atoms with Gasteiger partial charge in [0, 0.05) is 11.1 Å². The first-order valence-corrected chi connectivity index (χ1v) is 6.73. The molecule has 1 saturated carbocycles. The maximum atomic E-state index is 12.4. The number of rotatable bonds is 5. The largest absolute Gasteiger partial charge is 0.481 e. The van der Waals surface area contributed by atoms with E-state index in [0.717, 1.165) is 5.56 Å². The number of ketones is 1. The van der Waals surface area contributed by atoms with Gasteiger partial charge in [0.2, 0.25) is 0 Å². The standard InChI is InChI=1S/C17H18O3/c1-3-6-12(4-2)15(18)13-7-5-8-14(11-13)17(9-10-17)16(19)20/h3-8,11H,9-10H2,1-2H3,(H,19,20)/b6-3-,12-4+. The van der Waals surface area contributed by atoms with Crippen LogP contribution in [0.4, 0.5) is 0 Å². The van der Waals surface area contributed by atoms with E-state index in [-0.39, 0.29) is 5.78 Å². The number of benzene rings is 1. The lowest BCUT2D eigenvalue weighted by atomic mass is 9.92. The van der Waals surface area contributed by atoms with Crippen molar-refractivity contribution in [1.29, 1.82) is 0 Å². The van der Waals surface area contributed by atoms with Gasteiger partial charge in [0.05, 0.1) is 5.41 Å². The monoisotopic (exact) mass is 270 g/mol. The molecule has 0 atom stereocenters. The van der Waals surface area contributed by atoms with Gasteiger partial charge in [-0.3, -0.25) is 9.59 Å². The molecule has 0 radical (unpaired) electrons. The second-order valence-corrected chi connectivity index (χ2v) is 5.04. The Hall–Kier alpha value is -2.16. The highest BCUT2D eigenvalue weighted by atomic mass is 16.4. The van der Waals surface area contributed by atoms with Gasteiger partial charge in [0.15, 0.2) is 5.78 Å². The topological polar surface area (TPSA) is 54.4 Å². The van der Waals surface area contributed by atoms with Crippen LogP contribution in [0, 0.1) is 0 Å². The number of carboxylic acid groups (broad SMARTS) is 1. The van der Waals surface area contributed by atoms with Crippen molar-refractivity contribution >= 4 is 11.8 Å². The minimum absolute atomic E-state index is 0.0753. The van der Waals surface area contributed by atoms with E-state index >= 15 is 0 Å². The highest BCUT2D eigenvalue weighted by Gasteiger charge is 2.51. The summed E-state index contributed by atoms with van der Waals surface area (Å²) < 4.78 is 0. The van der Waals surface area contributed by atoms with Crippen LogP contribution in [0.3, 0.4) is 0 Å². The molecule has 1 aromatic rings. The van der Waals surface area contributed by atoms with E-state index in [2.05, 4.69) is 0 Å². The number of Topliss-reactive ketones (excluding diaryl/α,β-unsaturated/α-hetero) is 1. The van der Waals surface area contributed by atoms with Crippen molar-refractivity contribution in [3.8, 4) is 0 Å². The number of allylic oxidation sites excluding steroid dienone is 4. The maximum absolute atomic E-state index is 12.4. The number of hydrogen-bond acceptors (Lipinski definition) is 2. The molecule has 20 heavy (non-hydrogen) atoms. The number of hydrogen-bond donors (Lipinski definition) is 1. The molecule has 0 aromatic heterocycles. The predicted molar refractivity (Wildman–Crippen MR) is 77.9 cm³/mol. The van der Waals surface area contributed by atoms with E-state index in [4.69, 9.17) is 0 Å². The van der Waals surface area contributed by atoms with E-state index in [0.29, 0.717) is 24.0 Å². The van der Waals surface area contributed by atoms with E-state index in [1.807, 2.05) is 19.9 Å². The molecule has 1 aliphatic carbocycles. The van der Waals surface area contributed by atoms with Gasteiger partial charge in [-0.25, -0.2) is 0 Å². The Morgan fingerprint density at radius 2 is 1.95 bits per heavy atom. The SMILES string of the molecule is C/C=C\C(=C/C)C(=O)c1cccc(C2(C(=O)O)CC2)c1. The van der Waals surface area contributed by atoms with Gasteiger partial charge in [0.1, 0.15) is 0 Å². The third-order valence-electron chi connectivity index (χ3n) is 3.76. The zero-order valence-corrected chi connectivity index (χ0v) is 11.7. The fourth-order valence-corrected chi connectivity index (χ4v) is 2.36. The predicted octanol–water partition coefficient (Wildman–Crippen LogP) is 3.51. The Labute approximate surface area is 118 Å². The zero-order valence-electron chi connectivity index (χ0n) is 11.7. The summed E-state index contributed by atoms with van der Waals surface area (Å²) in [5.74, 6) is -0.879. The second-order valence-electron chi connectivity index (χ2n) is 5.04. The third-order valence-corrected chi connectivity index (χ3v) is 3.76. The Balaban J connectivity index is 2.36. The van der Waals surface area contributed by atoms with Crippen LogP contribution in [0.15, 0.2) is 48.1 Å². The van der Waals surface area contributed by atoms with E-state index < -0.39 is 11.4 Å². The maximum Gasteiger partial charge on any atom is 0.314 e. The summed E-state index contributed by atoms with van der Waals surface area (Å²) >= 11 is 0. The van der Waals surface area contributed by atoms with Gasteiger partial charge in [-0.15, -0.1) is 0 Å². The van der Waals surface area contributed by atoms with Crippen LogP contribution in [0.5, 0.6) is 0 Å². The number of carbonyl (C=O) groups is 2. The lowest BCUT2D eigenvalue weighted by molar-refractivity contribution is -0.140. The van der Waals surface area contributed by atoms with Crippen LogP contribution in [0.1, 0.15) is 42.6 Å². The molecule has 1 N–H and O–H groups in total. The molecule has 3 nitrogen and oxygen atoms in total. The summed E-state index contributed by atoms with van der Waals surface area (Å²) in [5, 5.41) is 9.32. The van der Waals surface area contributed by atoms with Crippen molar-refractivity contribution < 1.29 is 14.7 Å². The first-order valence-electron chi connectivity index (χ1n) is 6.73. The van der Waals surface area contributed by atoms with Gasteiger partial charge >= 0.3 is 5.97 Å². The molecule has 1 fully saturated rings. The smallest absolute Gasteiger partial charge is 0.314 e. The highest BCUT2D eigenvalue weighted by molar-refractivity contribution is 6.10. The summed E-state index contributed by atoms with van der Waals surface area (Å²) in [6, 6.07) is 7.00. The van der Waals surface area contributed by atoms with Crippen LogP contribution in [-0.4, -0.2) is 16.9 Å².